The SMILES string of the molecule is C[C@H]1CN(C(=O)OC(C)(C)C)CCN1S(=O)(=O)Cc1ccc(Cl)cc1Cl. The quantitative estimate of drug-likeness (QED) is 0.743. The number of sulfonamides is 1. The first kappa shape index (κ1) is 21.3. The Morgan fingerprint density at radius 3 is 2.46 bits per heavy atom. The maximum atomic E-state index is 12.8. The summed E-state index contributed by atoms with van der Waals surface area (Å²) in [6.07, 6.45) is -0.429. The van der Waals surface area contributed by atoms with Crippen LogP contribution in [0, 0.1) is 0 Å². The molecule has 1 aromatic carbocycles. The lowest BCUT2D eigenvalue weighted by Crippen LogP contribution is -2.56. The van der Waals surface area contributed by atoms with Crippen molar-refractivity contribution in [1.82, 2.24) is 9.21 Å². The Morgan fingerprint density at radius 2 is 1.92 bits per heavy atom. The number of carbonyl (C=O) groups excluding carboxylic acids is 1. The van der Waals surface area contributed by atoms with Gasteiger partial charge < -0.3 is 9.64 Å². The molecule has 0 bridgehead atoms. The molecule has 0 N–H and O–H groups in total. The number of hydrogen-bond acceptors (Lipinski definition) is 4. The molecule has 6 nitrogen and oxygen atoms in total. The van der Waals surface area contributed by atoms with E-state index in [2.05, 4.69) is 0 Å². The fourth-order valence-corrected chi connectivity index (χ4v) is 5.10. The second-order valence-electron chi connectivity index (χ2n) is 7.38. The number of hydrogen-bond donors (Lipinski definition) is 0. The van der Waals surface area contributed by atoms with Crippen molar-refractivity contribution in [2.45, 2.75) is 45.1 Å². The fraction of sp³-hybridized carbons (Fsp3) is 0.588. The van der Waals surface area contributed by atoms with E-state index in [1.54, 1.807) is 39.8 Å². The Kier molecular flexibility index (Phi) is 6.48. The first-order valence-electron chi connectivity index (χ1n) is 8.30. The van der Waals surface area contributed by atoms with Gasteiger partial charge in [-0.25, -0.2) is 13.2 Å². The molecule has 0 aliphatic carbocycles. The van der Waals surface area contributed by atoms with Gasteiger partial charge in [0.15, 0.2) is 0 Å². The summed E-state index contributed by atoms with van der Waals surface area (Å²) in [4.78, 5) is 13.7. The zero-order chi connectivity index (χ0) is 19.7. The lowest BCUT2D eigenvalue weighted by atomic mass is 10.2. The summed E-state index contributed by atoms with van der Waals surface area (Å²) in [6, 6.07) is 4.40. The number of piperazine rings is 1. The molecule has 1 saturated heterocycles. The van der Waals surface area contributed by atoms with E-state index in [0.29, 0.717) is 15.6 Å². The largest absolute Gasteiger partial charge is 0.444 e. The third-order valence-electron chi connectivity index (χ3n) is 3.93. The summed E-state index contributed by atoms with van der Waals surface area (Å²) in [6.45, 7) is 7.95. The van der Waals surface area contributed by atoms with E-state index >= 15 is 0 Å². The molecule has 2 rings (SSSR count). The van der Waals surface area contributed by atoms with Crippen molar-refractivity contribution in [2.24, 2.45) is 0 Å². The minimum atomic E-state index is -3.58. The van der Waals surface area contributed by atoms with Crippen molar-refractivity contribution in [3.63, 3.8) is 0 Å². The normalized spacial score (nSPS) is 19.5. The Balaban J connectivity index is 2.07. The third-order valence-corrected chi connectivity index (χ3v) is 6.45. The fourth-order valence-electron chi connectivity index (χ4n) is 2.76. The molecule has 1 atom stereocenters. The van der Waals surface area contributed by atoms with Crippen LogP contribution < -0.4 is 0 Å². The molecular formula is C17H24Cl2N2O4S. The lowest BCUT2D eigenvalue weighted by molar-refractivity contribution is 0.0143. The van der Waals surface area contributed by atoms with Crippen molar-refractivity contribution in [1.29, 1.82) is 0 Å². The van der Waals surface area contributed by atoms with Gasteiger partial charge in [0.1, 0.15) is 5.60 Å². The first-order valence-corrected chi connectivity index (χ1v) is 10.7. The van der Waals surface area contributed by atoms with Crippen LogP contribution in [-0.4, -0.2) is 55.0 Å². The smallest absolute Gasteiger partial charge is 0.410 e. The number of nitrogens with zero attached hydrogens (tertiary/aromatic N) is 2. The van der Waals surface area contributed by atoms with E-state index in [1.165, 1.54) is 15.3 Å². The van der Waals surface area contributed by atoms with Crippen LogP contribution in [0.25, 0.3) is 0 Å². The van der Waals surface area contributed by atoms with Crippen molar-refractivity contribution in [3.8, 4) is 0 Å². The molecule has 0 saturated carbocycles. The highest BCUT2D eigenvalue weighted by atomic mass is 35.5. The molecule has 1 heterocycles. The standard InChI is InChI=1S/C17H24Cl2N2O4S/c1-12-10-20(16(22)25-17(2,3)4)7-8-21(12)26(23,24)11-13-5-6-14(18)9-15(13)19/h5-6,9,12H,7-8,10-11H2,1-4H3/t12-/m0/s1. The zero-order valence-corrected chi connectivity index (χ0v) is 17.7. The van der Waals surface area contributed by atoms with Gasteiger partial charge in [0.25, 0.3) is 0 Å². The second kappa shape index (κ2) is 7.92. The highest BCUT2D eigenvalue weighted by Gasteiger charge is 2.35. The number of benzene rings is 1. The lowest BCUT2D eigenvalue weighted by Gasteiger charge is -2.39. The summed E-state index contributed by atoms with van der Waals surface area (Å²) in [5, 5.41) is 0.775. The van der Waals surface area contributed by atoms with Crippen LogP contribution in [-0.2, 0) is 20.5 Å². The molecule has 1 amide bonds. The molecular weight excluding hydrogens is 399 g/mol. The summed E-state index contributed by atoms with van der Waals surface area (Å²) >= 11 is 12.0. The maximum absolute atomic E-state index is 12.8. The van der Waals surface area contributed by atoms with E-state index in [1.807, 2.05) is 0 Å². The average molecular weight is 423 g/mol. The first-order chi connectivity index (χ1) is 11.9. The van der Waals surface area contributed by atoms with Gasteiger partial charge >= 0.3 is 6.09 Å². The third kappa shape index (κ3) is 5.49. The highest BCUT2D eigenvalue weighted by Crippen LogP contribution is 2.25. The topological polar surface area (TPSA) is 66.9 Å². The highest BCUT2D eigenvalue weighted by molar-refractivity contribution is 7.88. The Bertz CT molecular complexity index is 777. The van der Waals surface area contributed by atoms with E-state index in [0.717, 1.165) is 0 Å². The average Bonchev–Trinajstić information content (AvgIpc) is 2.48. The van der Waals surface area contributed by atoms with Crippen LogP contribution in [0.2, 0.25) is 10.0 Å². The molecule has 0 unspecified atom stereocenters. The minimum absolute atomic E-state index is 0.209. The van der Waals surface area contributed by atoms with Gasteiger partial charge in [0.05, 0.1) is 5.75 Å². The zero-order valence-electron chi connectivity index (χ0n) is 15.3. The maximum Gasteiger partial charge on any atom is 0.410 e. The Labute approximate surface area is 165 Å². The molecule has 0 radical (unpaired) electrons. The molecule has 146 valence electrons. The molecule has 0 spiro atoms. The van der Waals surface area contributed by atoms with Gasteiger partial charge in [-0.3, -0.25) is 0 Å². The molecule has 9 heteroatoms. The number of amides is 1. The number of halogens is 2. The molecule has 26 heavy (non-hydrogen) atoms. The van der Waals surface area contributed by atoms with Crippen molar-refractivity contribution < 1.29 is 17.9 Å². The number of carbonyl (C=O) groups is 1. The van der Waals surface area contributed by atoms with E-state index in [-0.39, 0.29) is 31.4 Å². The Hall–Kier alpha value is -1.02. The molecule has 1 aliphatic rings. The van der Waals surface area contributed by atoms with Crippen LogP contribution >= 0.6 is 23.2 Å². The number of ether oxygens (including phenoxy) is 1. The van der Waals surface area contributed by atoms with Crippen LogP contribution in [0.1, 0.15) is 33.3 Å². The van der Waals surface area contributed by atoms with Crippen molar-refractivity contribution >= 4 is 39.3 Å². The molecule has 1 fully saturated rings. The van der Waals surface area contributed by atoms with Gasteiger partial charge in [-0.1, -0.05) is 29.3 Å². The predicted octanol–water partition coefficient (Wildman–Crippen LogP) is 3.76. The molecule has 0 aromatic heterocycles. The minimum Gasteiger partial charge on any atom is -0.444 e. The van der Waals surface area contributed by atoms with E-state index < -0.39 is 21.7 Å². The van der Waals surface area contributed by atoms with E-state index in [4.69, 9.17) is 27.9 Å². The predicted molar refractivity (Wildman–Crippen MR) is 103 cm³/mol. The van der Waals surface area contributed by atoms with Crippen LogP contribution in [0.5, 0.6) is 0 Å². The van der Waals surface area contributed by atoms with Gasteiger partial charge in [-0.2, -0.15) is 4.31 Å². The molecule has 1 aromatic rings. The Morgan fingerprint density at radius 1 is 1.27 bits per heavy atom. The summed E-state index contributed by atoms with van der Waals surface area (Å²) < 4.78 is 32.4. The molecule has 1 aliphatic heterocycles. The summed E-state index contributed by atoms with van der Waals surface area (Å²) in [7, 11) is -3.58. The number of rotatable bonds is 3. The van der Waals surface area contributed by atoms with Gasteiger partial charge in [-0.05, 0) is 45.4 Å². The van der Waals surface area contributed by atoms with Gasteiger partial charge in [-0.15, -0.1) is 0 Å². The monoisotopic (exact) mass is 422 g/mol. The van der Waals surface area contributed by atoms with Crippen LogP contribution in [0.3, 0.4) is 0 Å². The van der Waals surface area contributed by atoms with E-state index in [9.17, 15) is 13.2 Å². The second-order valence-corrected chi connectivity index (χ2v) is 10.1. The summed E-state index contributed by atoms with van der Waals surface area (Å²) in [5.41, 5.74) is -0.0904. The van der Waals surface area contributed by atoms with Crippen molar-refractivity contribution in [2.75, 3.05) is 19.6 Å². The van der Waals surface area contributed by atoms with Gasteiger partial charge in [0.2, 0.25) is 10.0 Å². The van der Waals surface area contributed by atoms with Crippen LogP contribution in [0.15, 0.2) is 18.2 Å². The van der Waals surface area contributed by atoms with Gasteiger partial charge in [0, 0.05) is 35.7 Å². The van der Waals surface area contributed by atoms with Crippen LogP contribution in [0.4, 0.5) is 4.79 Å². The summed E-state index contributed by atoms with van der Waals surface area (Å²) in [5.74, 6) is -0.209. The van der Waals surface area contributed by atoms with Crippen molar-refractivity contribution in [3.05, 3.63) is 33.8 Å².